The molecule has 0 aromatic heterocycles. The van der Waals surface area contributed by atoms with Crippen LogP contribution >= 0.6 is 11.9 Å². The molecule has 0 aromatic rings. The SMILES string of the molecule is OB(OCl)C1=C(O)C=CC(O)(O)C1. The largest absolute Gasteiger partial charge is 0.509 e. The minimum absolute atomic E-state index is 0.0810. The molecule has 0 fully saturated rings. The molecule has 0 saturated heterocycles. The van der Waals surface area contributed by atoms with E-state index in [1.807, 2.05) is 0 Å². The zero-order valence-corrected chi connectivity index (χ0v) is 7.27. The maximum absolute atomic E-state index is 9.17. The number of rotatable bonds is 2. The molecule has 13 heavy (non-hydrogen) atoms. The van der Waals surface area contributed by atoms with E-state index in [1.54, 1.807) is 0 Å². The number of aliphatic hydroxyl groups is 3. The van der Waals surface area contributed by atoms with Crippen LogP contribution in [-0.4, -0.2) is 33.2 Å². The summed E-state index contributed by atoms with van der Waals surface area (Å²) in [5.41, 5.74) is -0.0810. The maximum atomic E-state index is 9.17. The molecule has 0 spiro atoms. The molecular weight excluding hydrogens is 198 g/mol. The third-order valence-electron chi connectivity index (χ3n) is 1.67. The summed E-state index contributed by atoms with van der Waals surface area (Å²) in [6.45, 7) is 0. The third-order valence-corrected chi connectivity index (χ3v) is 1.84. The molecule has 72 valence electrons. The summed E-state index contributed by atoms with van der Waals surface area (Å²) >= 11 is 4.86. The highest BCUT2D eigenvalue weighted by Crippen LogP contribution is 2.25. The Labute approximate surface area is 79.8 Å². The fourth-order valence-corrected chi connectivity index (χ4v) is 1.12. The Morgan fingerprint density at radius 2 is 2.15 bits per heavy atom. The second-order valence-corrected chi connectivity index (χ2v) is 2.92. The van der Waals surface area contributed by atoms with E-state index in [0.29, 0.717) is 0 Å². The minimum Gasteiger partial charge on any atom is -0.509 e. The van der Waals surface area contributed by atoms with Crippen LogP contribution in [0.25, 0.3) is 0 Å². The number of hydrogen-bond donors (Lipinski definition) is 4. The van der Waals surface area contributed by atoms with E-state index >= 15 is 0 Å². The van der Waals surface area contributed by atoms with Gasteiger partial charge in [0.15, 0.2) is 5.79 Å². The van der Waals surface area contributed by atoms with Crippen LogP contribution in [-0.2, 0) is 4.21 Å². The van der Waals surface area contributed by atoms with Crippen LogP contribution in [0.15, 0.2) is 23.4 Å². The van der Waals surface area contributed by atoms with Gasteiger partial charge >= 0.3 is 7.12 Å². The molecule has 1 aliphatic carbocycles. The summed E-state index contributed by atoms with van der Waals surface area (Å²) in [7, 11) is -1.55. The Morgan fingerprint density at radius 3 is 2.69 bits per heavy atom. The fraction of sp³-hybridized carbons (Fsp3) is 0.333. The lowest BCUT2D eigenvalue weighted by atomic mass is 9.73. The van der Waals surface area contributed by atoms with Gasteiger partial charge in [-0.1, -0.05) is 0 Å². The van der Waals surface area contributed by atoms with Gasteiger partial charge in [-0.15, -0.1) is 0 Å². The van der Waals surface area contributed by atoms with Crippen LogP contribution in [0.5, 0.6) is 0 Å². The van der Waals surface area contributed by atoms with Crippen molar-refractivity contribution in [2.75, 3.05) is 0 Å². The second-order valence-electron chi connectivity index (χ2n) is 2.74. The molecule has 1 rings (SSSR count). The molecule has 0 amide bonds. The summed E-state index contributed by atoms with van der Waals surface area (Å²) in [5, 5.41) is 36.5. The summed E-state index contributed by atoms with van der Waals surface area (Å²) in [6.07, 6.45) is 1.69. The molecule has 1 aliphatic rings. The van der Waals surface area contributed by atoms with Gasteiger partial charge in [-0.2, -0.15) is 0 Å². The van der Waals surface area contributed by atoms with E-state index in [9.17, 15) is 5.11 Å². The van der Waals surface area contributed by atoms with E-state index < -0.39 is 12.9 Å². The van der Waals surface area contributed by atoms with Gasteiger partial charge in [-0.05, 0) is 12.2 Å². The van der Waals surface area contributed by atoms with E-state index in [4.69, 9.17) is 27.1 Å². The molecule has 5 nitrogen and oxygen atoms in total. The van der Waals surface area contributed by atoms with Crippen LogP contribution in [0.2, 0.25) is 0 Å². The molecule has 0 radical (unpaired) electrons. The molecule has 0 unspecified atom stereocenters. The molecule has 4 N–H and O–H groups in total. The Kier molecular flexibility index (Phi) is 3.00. The molecule has 0 aliphatic heterocycles. The summed E-state index contributed by atoms with van der Waals surface area (Å²) < 4.78 is 4.01. The van der Waals surface area contributed by atoms with Crippen LogP contribution in [0.4, 0.5) is 0 Å². The Balaban J connectivity index is 2.88. The van der Waals surface area contributed by atoms with Crippen molar-refractivity contribution in [3.05, 3.63) is 23.4 Å². The third kappa shape index (κ3) is 2.46. The first-order chi connectivity index (χ1) is 5.96. The molecule has 0 atom stereocenters. The monoisotopic (exact) mass is 206 g/mol. The lowest BCUT2D eigenvalue weighted by molar-refractivity contribution is -0.117. The van der Waals surface area contributed by atoms with Crippen LogP contribution in [0.1, 0.15) is 6.42 Å². The number of allylic oxidation sites excluding steroid dienone is 1. The van der Waals surface area contributed by atoms with Crippen molar-refractivity contribution in [1.29, 1.82) is 0 Å². The van der Waals surface area contributed by atoms with E-state index in [2.05, 4.69) is 4.21 Å². The van der Waals surface area contributed by atoms with Gasteiger partial charge in [-0.3, -0.25) is 0 Å². The van der Waals surface area contributed by atoms with Crippen LogP contribution in [0, 0.1) is 0 Å². The van der Waals surface area contributed by atoms with Crippen molar-refractivity contribution in [2.24, 2.45) is 0 Å². The zero-order chi connectivity index (χ0) is 10.1. The fourth-order valence-electron chi connectivity index (χ4n) is 1.02. The average Bonchev–Trinajstić information content (AvgIpc) is 2.08. The average molecular weight is 206 g/mol. The van der Waals surface area contributed by atoms with Crippen molar-refractivity contribution in [2.45, 2.75) is 12.2 Å². The number of hydrogen-bond acceptors (Lipinski definition) is 5. The molecule has 0 saturated carbocycles. The van der Waals surface area contributed by atoms with Crippen molar-refractivity contribution >= 4 is 19.0 Å². The first-order valence-corrected chi connectivity index (χ1v) is 3.78. The van der Waals surface area contributed by atoms with Crippen molar-refractivity contribution < 1.29 is 24.6 Å². The predicted octanol–water partition coefficient (Wildman–Crippen LogP) is -0.371. The standard InChI is InChI=1S/C6H8BClO5/c8-13-7(12)4-3-6(10,11)2-1-5(4)9/h1-2,9-12H,3H2. The van der Waals surface area contributed by atoms with Gasteiger partial charge < -0.3 is 24.6 Å². The summed E-state index contributed by atoms with van der Waals surface area (Å²) in [6, 6.07) is 0. The molecule has 0 aromatic carbocycles. The number of halogens is 1. The highest BCUT2D eigenvalue weighted by atomic mass is 35.5. The Hall–Kier alpha value is -0.525. The predicted molar refractivity (Wildman–Crippen MR) is 45.5 cm³/mol. The van der Waals surface area contributed by atoms with E-state index in [1.165, 1.54) is 0 Å². The van der Waals surface area contributed by atoms with Gasteiger partial charge in [-0.25, -0.2) is 0 Å². The highest BCUT2D eigenvalue weighted by Gasteiger charge is 2.34. The first kappa shape index (κ1) is 10.6. The molecular formula is C6H8BClO5. The van der Waals surface area contributed by atoms with E-state index in [-0.39, 0.29) is 17.7 Å². The van der Waals surface area contributed by atoms with Crippen molar-refractivity contribution in [3.63, 3.8) is 0 Å². The molecule has 0 heterocycles. The van der Waals surface area contributed by atoms with Crippen molar-refractivity contribution in [3.8, 4) is 0 Å². The van der Waals surface area contributed by atoms with Crippen LogP contribution in [0.3, 0.4) is 0 Å². The van der Waals surface area contributed by atoms with Gasteiger partial charge in [0.05, 0.1) is 0 Å². The number of aliphatic hydroxyl groups excluding tert-OH is 1. The van der Waals surface area contributed by atoms with Crippen LogP contribution < -0.4 is 0 Å². The molecule has 7 heteroatoms. The van der Waals surface area contributed by atoms with Gasteiger partial charge in [0.25, 0.3) is 0 Å². The minimum atomic E-state index is -2.09. The second kappa shape index (κ2) is 3.69. The quantitative estimate of drug-likeness (QED) is 0.366. The van der Waals surface area contributed by atoms with Gasteiger partial charge in [0, 0.05) is 23.8 Å². The zero-order valence-electron chi connectivity index (χ0n) is 6.51. The van der Waals surface area contributed by atoms with Crippen molar-refractivity contribution in [1.82, 2.24) is 0 Å². The van der Waals surface area contributed by atoms with Gasteiger partial charge in [0.2, 0.25) is 0 Å². The highest BCUT2D eigenvalue weighted by molar-refractivity contribution is 6.56. The normalized spacial score (nSPS) is 20.6. The Morgan fingerprint density at radius 1 is 1.54 bits per heavy atom. The maximum Gasteiger partial charge on any atom is 0.507 e. The first-order valence-electron chi connectivity index (χ1n) is 3.48. The topological polar surface area (TPSA) is 90.2 Å². The summed E-state index contributed by atoms with van der Waals surface area (Å²) in [5.74, 6) is -2.37. The van der Waals surface area contributed by atoms with Gasteiger partial charge in [0.1, 0.15) is 5.76 Å². The van der Waals surface area contributed by atoms with E-state index in [0.717, 1.165) is 12.2 Å². The smallest absolute Gasteiger partial charge is 0.507 e. The lowest BCUT2D eigenvalue weighted by Crippen LogP contribution is -2.33. The lowest BCUT2D eigenvalue weighted by Gasteiger charge is -2.23. The molecule has 0 bridgehead atoms. The summed E-state index contributed by atoms with van der Waals surface area (Å²) in [4.78, 5) is 0. The Bertz CT molecular complexity index is 262.